The van der Waals surface area contributed by atoms with Gasteiger partial charge >= 0.3 is 6.18 Å². The molecule has 0 saturated carbocycles. The molecule has 2 amide bonds. The van der Waals surface area contributed by atoms with Crippen LogP contribution in [0.15, 0.2) is 23.8 Å². The van der Waals surface area contributed by atoms with Gasteiger partial charge in [0.25, 0.3) is 5.91 Å². The molecule has 1 saturated heterocycles. The third kappa shape index (κ3) is 2.81. The van der Waals surface area contributed by atoms with Crippen molar-refractivity contribution in [3.63, 3.8) is 0 Å². The minimum absolute atomic E-state index is 0.00794. The van der Waals surface area contributed by atoms with Crippen LogP contribution in [0.2, 0.25) is 0 Å². The van der Waals surface area contributed by atoms with Crippen molar-refractivity contribution in [2.45, 2.75) is 12.6 Å². The smallest absolute Gasteiger partial charge is 0.292 e. The number of hydrogen-bond acceptors (Lipinski definition) is 2. The molecule has 1 N–H and O–H groups in total. The summed E-state index contributed by atoms with van der Waals surface area (Å²) in [5.41, 5.74) is -1.36. The van der Waals surface area contributed by atoms with E-state index in [0.29, 0.717) is 12.1 Å². The Morgan fingerprint density at radius 3 is 2.42 bits per heavy atom. The quantitative estimate of drug-likeness (QED) is 0.484. The van der Waals surface area contributed by atoms with E-state index in [1.165, 1.54) is 0 Å². The Bertz CT molecular complexity index is 590. The number of amides is 2. The number of halogens is 4. The van der Waals surface area contributed by atoms with E-state index in [0.717, 1.165) is 12.1 Å². The van der Waals surface area contributed by atoms with E-state index in [2.05, 4.69) is 0 Å². The number of carbonyl (C=O) groups is 2. The van der Waals surface area contributed by atoms with Crippen LogP contribution >= 0.6 is 0 Å². The number of alkyl halides is 3. The van der Waals surface area contributed by atoms with Gasteiger partial charge < -0.3 is 0 Å². The monoisotopic (exact) mass is 273 g/mol. The number of nitrogens with one attached hydrogen (secondary N) is 1. The molecule has 1 heterocycles. The van der Waals surface area contributed by atoms with Crippen LogP contribution in [0.25, 0.3) is 6.08 Å². The molecule has 0 aromatic heterocycles. The Labute approximate surface area is 104 Å². The zero-order chi connectivity index (χ0) is 14.2. The molecule has 0 aliphatic carbocycles. The van der Waals surface area contributed by atoms with Crippen LogP contribution in [-0.4, -0.2) is 11.8 Å². The maximum absolute atomic E-state index is 13.0. The topological polar surface area (TPSA) is 46.2 Å². The normalized spacial score (nSPS) is 18.0. The SMILES string of the molecule is O=C1C/C(=C/c2ccc(F)c(C(F)(F)F)c2)C(=O)N1. The summed E-state index contributed by atoms with van der Waals surface area (Å²) < 4.78 is 50.5. The Hall–Kier alpha value is -2.18. The molecule has 0 bridgehead atoms. The minimum Gasteiger partial charge on any atom is -0.292 e. The van der Waals surface area contributed by atoms with E-state index in [-0.39, 0.29) is 17.6 Å². The maximum atomic E-state index is 13.0. The van der Waals surface area contributed by atoms with E-state index in [4.69, 9.17) is 0 Å². The molecule has 0 radical (unpaired) electrons. The fourth-order valence-electron chi connectivity index (χ4n) is 1.67. The van der Waals surface area contributed by atoms with Crippen LogP contribution in [0.4, 0.5) is 17.6 Å². The molecule has 0 unspecified atom stereocenters. The van der Waals surface area contributed by atoms with Crippen LogP contribution in [-0.2, 0) is 15.8 Å². The molecule has 1 aliphatic rings. The van der Waals surface area contributed by atoms with Gasteiger partial charge in [-0.3, -0.25) is 14.9 Å². The standard InChI is InChI=1S/C12H7F4NO2/c13-9-2-1-6(4-8(9)12(14,15)16)3-7-5-10(18)17-11(7)19/h1-4H,5H2,(H,17,18,19)/b7-3-. The lowest BCUT2D eigenvalue weighted by molar-refractivity contribution is -0.140. The van der Waals surface area contributed by atoms with Gasteiger partial charge in [0.15, 0.2) is 0 Å². The molecule has 1 fully saturated rings. The molecular weight excluding hydrogens is 266 g/mol. The number of rotatable bonds is 1. The van der Waals surface area contributed by atoms with Gasteiger partial charge in [0.05, 0.1) is 12.0 Å². The van der Waals surface area contributed by atoms with E-state index in [1.807, 2.05) is 5.32 Å². The van der Waals surface area contributed by atoms with Gasteiger partial charge in [0, 0.05) is 5.57 Å². The van der Waals surface area contributed by atoms with Crippen molar-refractivity contribution in [2.24, 2.45) is 0 Å². The number of hydrogen-bond donors (Lipinski definition) is 1. The molecule has 3 nitrogen and oxygen atoms in total. The van der Waals surface area contributed by atoms with Gasteiger partial charge in [-0.2, -0.15) is 13.2 Å². The summed E-state index contributed by atoms with van der Waals surface area (Å²) in [6.45, 7) is 0. The molecule has 0 spiro atoms. The highest BCUT2D eigenvalue weighted by Gasteiger charge is 2.34. The van der Waals surface area contributed by atoms with Crippen LogP contribution in [0.5, 0.6) is 0 Å². The first-order valence-electron chi connectivity index (χ1n) is 5.19. The highest BCUT2D eigenvalue weighted by atomic mass is 19.4. The lowest BCUT2D eigenvalue weighted by Gasteiger charge is -2.08. The van der Waals surface area contributed by atoms with Crippen molar-refractivity contribution in [2.75, 3.05) is 0 Å². The molecule has 100 valence electrons. The van der Waals surface area contributed by atoms with E-state index in [1.54, 1.807) is 0 Å². The first-order valence-corrected chi connectivity index (χ1v) is 5.19. The lowest BCUT2D eigenvalue weighted by Crippen LogP contribution is -2.19. The van der Waals surface area contributed by atoms with Gasteiger partial charge in [0.1, 0.15) is 5.82 Å². The lowest BCUT2D eigenvalue weighted by atomic mass is 10.1. The average molecular weight is 273 g/mol. The van der Waals surface area contributed by atoms with Crippen molar-refractivity contribution < 1.29 is 27.2 Å². The van der Waals surface area contributed by atoms with Gasteiger partial charge in [0.2, 0.25) is 5.91 Å². The summed E-state index contributed by atoms with van der Waals surface area (Å²) in [5.74, 6) is -2.56. The van der Waals surface area contributed by atoms with Crippen molar-refractivity contribution >= 4 is 17.9 Å². The Balaban J connectivity index is 2.40. The molecule has 7 heteroatoms. The number of benzene rings is 1. The molecule has 0 atom stereocenters. The second-order valence-electron chi connectivity index (χ2n) is 3.96. The minimum atomic E-state index is -4.81. The highest BCUT2D eigenvalue weighted by Crippen LogP contribution is 2.32. The van der Waals surface area contributed by atoms with Crippen LogP contribution in [0.1, 0.15) is 17.5 Å². The van der Waals surface area contributed by atoms with Crippen LogP contribution in [0, 0.1) is 5.82 Å². The molecular formula is C12H7F4NO2. The third-order valence-electron chi connectivity index (χ3n) is 2.53. The van der Waals surface area contributed by atoms with Gasteiger partial charge in [-0.05, 0) is 23.8 Å². The summed E-state index contributed by atoms with van der Waals surface area (Å²) in [6.07, 6.45) is -3.88. The summed E-state index contributed by atoms with van der Waals surface area (Å²) >= 11 is 0. The van der Waals surface area contributed by atoms with Crippen molar-refractivity contribution in [3.8, 4) is 0 Å². The predicted octanol–water partition coefficient (Wildman–Crippen LogP) is 2.27. The molecule has 1 aromatic rings. The largest absolute Gasteiger partial charge is 0.419 e. The van der Waals surface area contributed by atoms with Gasteiger partial charge in [-0.15, -0.1) is 0 Å². The van der Waals surface area contributed by atoms with Crippen molar-refractivity contribution in [1.29, 1.82) is 0 Å². The first kappa shape index (κ1) is 13.3. The average Bonchev–Trinajstić information content (AvgIpc) is 2.58. The van der Waals surface area contributed by atoms with Crippen LogP contribution < -0.4 is 5.32 Å². The molecule has 2 rings (SSSR count). The highest BCUT2D eigenvalue weighted by molar-refractivity contribution is 6.15. The van der Waals surface area contributed by atoms with Gasteiger partial charge in [-0.25, -0.2) is 4.39 Å². The summed E-state index contributed by atoms with van der Waals surface area (Å²) in [7, 11) is 0. The zero-order valence-corrected chi connectivity index (χ0v) is 9.34. The van der Waals surface area contributed by atoms with E-state index in [9.17, 15) is 27.2 Å². The van der Waals surface area contributed by atoms with Gasteiger partial charge in [-0.1, -0.05) is 6.07 Å². The Morgan fingerprint density at radius 2 is 1.89 bits per heavy atom. The fraction of sp³-hybridized carbons (Fsp3) is 0.167. The second-order valence-corrected chi connectivity index (χ2v) is 3.96. The Kier molecular flexibility index (Phi) is 3.13. The van der Waals surface area contributed by atoms with Crippen molar-refractivity contribution in [1.82, 2.24) is 5.32 Å². The number of imide groups is 1. The van der Waals surface area contributed by atoms with E-state index < -0.39 is 29.4 Å². The summed E-state index contributed by atoms with van der Waals surface area (Å²) in [4.78, 5) is 22.2. The fourth-order valence-corrected chi connectivity index (χ4v) is 1.67. The van der Waals surface area contributed by atoms with Crippen molar-refractivity contribution in [3.05, 3.63) is 40.7 Å². The van der Waals surface area contributed by atoms with E-state index >= 15 is 0 Å². The molecule has 1 aliphatic heterocycles. The molecule has 1 aromatic carbocycles. The molecule has 19 heavy (non-hydrogen) atoms. The predicted molar refractivity (Wildman–Crippen MR) is 57.1 cm³/mol. The first-order chi connectivity index (χ1) is 8.77. The maximum Gasteiger partial charge on any atom is 0.419 e. The number of carbonyl (C=O) groups excluding carboxylic acids is 2. The third-order valence-corrected chi connectivity index (χ3v) is 2.53. The summed E-state index contributed by atoms with van der Waals surface area (Å²) in [6, 6.07) is 2.37. The van der Waals surface area contributed by atoms with Crippen LogP contribution in [0.3, 0.4) is 0 Å². The zero-order valence-electron chi connectivity index (χ0n) is 9.34. The second kappa shape index (κ2) is 4.49. The Morgan fingerprint density at radius 1 is 1.21 bits per heavy atom. The summed E-state index contributed by atoms with van der Waals surface area (Å²) in [5, 5.41) is 2.00.